The van der Waals surface area contributed by atoms with E-state index in [1.807, 2.05) is 60.7 Å². The molecule has 6 heteroatoms. The van der Waals surface area contributed by atoms with Crippen LogP contribution in [0.3, 0.4) is 0 Å². The molecule has 4 rings (SSSR count). The summed E-state index contributed by atoms with van der Waals surface area (Å²) in [5.74, 6) is -0.505. The summed E-state index contributed by atoms with van der Waals surface area (Å²) in [6.07, 6.45) is 1.79. The molecule has 30 heavy (non-hydrogen) atoms. The second kappa shape index (κ2) is 8.81. The van der Waals surface area contributed by atoms with Crippen LogP contribution in [-0.2, 0) is 21.4 Å². The van der Waals surface area contributed by atoms with E-state index in [0.717, 1.165) is 29.5 Å². The summed E-state index contributed by atoms with van der Waals surface area (Å²) in [5.41, 5.74) is 2.69. The molecule has 0 bridgehead atoms. The number of benzene rings is 3. The Morgan fingerprint density at radius 2 is 1.37 bits per heavy atom. The van der Waals surface area contributed by atoms with E-state index in [1.54, 1.807) is 24.3 Å². The van der Waals surface area contributed by atoms with Gasteiger partial charge in [0.05, 0.1) is 10.8 Å². The lowest BCUT2D eigenvalue weighted by molar-refractivity contribution is -0.121. The van der Waals surface area contributed by atoms with Gasteiger partial charge in [0.15, 0.2) is 0 Å². The zero-order valence-electron chi connectivity index (χ0n) is 16.5. The second-order valence-corrected chi connectivity index (χ2v) is 9.23. The van der Waals surface area contributed by atoms with Gasteiger partial charge in [-0.15, -0.1) is 0 Å². The van der Waals surface area contributed by atoms with E-state index in [2.05, 4.69) is 10.0 Å². The van der Waals surface area contributed by atoms with Gasteiger partial charge in [-0.25, -0.2) is 13.1 Å². The van der Waals surface area contributed by atoms with Crippen LogP contribution < -0.4 is 10.0 Å². The first kappa shape index (κ1) is 20.3. The third-order valence-electron chi connectivity index (χ3n) is 5.13. The van der Waals surface area contributed by atoms with Crippen molar-refractivity contribution >= 4 is 15.9 Å². The summed E-state index contributed by atoms with van der Waals surface area (Å²) in [5, 5.41) is 2.99. The number of sulfonamides is 1. The maximum atomic E-state index is 13.1. The Kier molecular flexibility index (Phi) is 5.97. The number of carbonyl (C=O) groups excluding carboxylic acids is 1. The van der Waals surface area contributed by atoms with Gasteiger partial charge >= 0.3 is 0 Å². The number of nitrogens with one attached hydrogen (secondary N) is 2. The van der Waals surface area contributed by atoms with Crippen molar-refractivity contribution < 1.29 is 13.2 Å². The van der Waals surface area contributed by atoms with Gasteiger partial charge in [-0.2, -0.15) is 0 Å². The Balaban J connectivity index is 1.46. The van der Waals surface area contributed by atoms with Gasteiger partial charge in [0.25, 0.3) is 0 Å². The molecule has 1 saturated carbocycles. The van der Waals surface area contributed by atoms with Crippen LogP contribution in [0.25, 0.3) is 0 Å². The highest BCUT2D eigenvalue weighted by atomic mass is 32.2. The van der Waals surface area contributed by atoms with Crippen molar-refractivity contribution in [3.8, 4) is 0 Å². The van der Waals surface area contributed by atoms with E-state index in [1.165, 1.54) is 0 Å². The summed E-state index contributed by atoms with van der Waals surface area (Å²) in [6.45, 7) is 0.325. The van der Waals surface area contributed by atoms with Crippen molar-refractivity contribution in [2.75, 3.05) is 0 Å². The van der Waals surface area contributed by atoms with Crippen LogP contribution in [0.5, 0.6) is 0 Å². The number of rotatable bonds is 8. The molecule has 1 aliphatic carbocycles. The topological polar surface area (TPSA) is 75.3 Å². The van der Waals surface area contributed by atoms with Crippen molar-refractivity contribution in [3.63, 3.8) is 0 Å². The minimum Gasteiger partial charge on any atom is -0.351 e. The van der Waals surface area contributed by atoms with Gasteiger partial charge in [-0.3, -0.25) is 4.79 Å². The fourth-order valence-corrected chi connectivity index (χ4v) is 4.66. The lowest BCUT2D eigenvalue weighted by Crippen LogP contribution is -2.29. The maximum Gasteiger partial charge on any atom is 0.240 e. The first-order valence-corrected chi connectivity index (χ1v) is 11.5. The van der Waals surface area contributed by atoms with Crippen LogP contribution in [0.1, 0.15) is 35.4 Å². The standard InChI is InChI=1S/C24H24N2O3S/c27-24(23(19-7-3-1-4-8-19)20-9-5-2-6-10-20)25-17-18-11-15-22(16-12-18)30(28,29)26-21-13-14-21/h1-12,15-16,21,23,26H,13-14,17H2,(H,25,27). The number of hydrogen-bond acceptors (Lipinski definition) is 3. The highest BCUT2D eigenvalue weighted by Gasteiger charge is 2.28. The summed E-state index contributed by atoms with van der Waals surface area (Å²) in [7, 11) is -3.47. The summed E-state index contributed by atoms with van der Waals surface area (Å²) < 4.78 is 27.2. The quantitative estimate of drug-likeness (QED) is 0.585. The van der Waals surface area contributed by atoms with Gasteiger partial charge in [-0.05, 0) is 41.7 Å². The summed E-state index contributed by atoms with van der Waals surface area (Å²) >= 11 is 0. The molecule has 3 aromatic rings. The Morgan fingerprint density at radius 1 is 0.833 bits per heavy atom. The minimum atomic E-state index is -3.47. The Labute approximate surface area is 177 Å². The fourth-order valence-electron chi connectivity index (χ4n) is 3.35. The van der Waals surface area contributed by atoms with Crippen molar-refractivity contribution in [2.45, 2.75) is 36.2 Å². The normalized spacial score (nSPS) is 13.9. The fraction of sp³-hybridized carbons (Fsp3) is 0.208. The average molecular weight is 421 g/mol. The zero-order chi connectivity index (χ0) is 21.0. The molecule has 0 heterocycles. The molecule has 1 amide bonds. The van der Waals surface area contributed by atoms with E-state index in [0.29, 0.717) is 6.54 Å². The smallest absolute Gasteiger partial charge is 0.240 e. The highest BCUT2D eigenvalue weighted by Crippen LogP contribution is 2.25. The van der Waals surface area contributed by atoms with E-state index >= 15 is 0 Å². The Hall–Kier alpha value is -2.96. The predicted molar refractivity (Wildman–Crippen MR) is 116 cm³/mol. The zero-order valence-corrected chi connectivity index (χ0v) is 17.3. The Bertz CT molecular complexity index is 1050. The highest BCUT2D eigenvalue weighted by molar-refractivity contribution is 7.89. The van der Waals surface area contributed by atoms with Gasteiger partial charge < -0.3 is 5.32 Å². The van der Waals surface area contributed by atoms with Crippen molar-refractivity contribution in [1.29, 1.82) is 0 Å². The van der Waals surface area contributed by atoms with Crippen LogP contribution >= 0.6 is 0 Å². The largest absolute Gasteiger partial charge is 0.351 e. The molecule has 1 fully saturated rings. The van der Waals surface area contributed by atoms with Crippen molar-refractivity contribution in [3.05, 3.63) is 102 Å². The second-order valence-electron chi connectivity index (χ2n) is 7.51. The molecular weight excluding hydrogens is 396 g/mol. The predicted octanol–water partition coefficient (Wildman–Crippen LogP) is 3.58. The van der Waals surface area contributed by atoms with Crippen LogP contribution in [0.15, 0.2) is 89.8 Å². The molecule has 154 valence electrons. The summed E-state index contributed by atoms with van der Waals surface area (Å²) in [4.78, 5) is 13.3. The van der Waals surface area contributed by atoms with Gasteiger partial charge in [0, 0.05) is 12.6 Å². The van der Waals surface area contributed by atoms with Crippen molar-refractivity contribution in [1.82, 2.24) is 10.0 Å². The average Bonchev–Trinajstić information content (AvgIpc) is 3.58. The first-order valence-electron chi connectivity index (χ1n) is 10.0. The van der Waals surface area contributed by atoms with Gasteiger partial charge in [0.2, 0.25) is 15.9 Å². The number of amides is 1. The molecule has 0 spiro atoms. The van der Waals surface area contributed by atoms with E-state index in [4.69, 9.17) is 0 Å². The third-order valence-corrected chi connectivity index (χ3v) is 6.66. The minimum absolute atomic E-state index is 0.0712. The molecule has 0 unspecified atom stereocenters. The van der Waals surface area contributed by atoms with Crippen molar-refractivity contribution in [2.24, 2.45) is 0 Å². The van der Waals surface area contributed by atoms with Crippen LogP contribution in [0.4, 0.5) is 0 Å². The number of carbonyl (C=O) groups is 1. The lowest BCUT2D eigenvalue weighted by Gasteiger charge is -2.18. The third kappa shape index (κ3) is 4.96. The molecule has 1 aliphatic rings. The van der Waals surface area contributed by atoms with E-state index in [9.17, 15) is 13.2 Å². The molecule has 0 saturated heterocycles. The molecule has 0 aromatic heterocycles. The van der Waals surface area contributed by atoms with E-state index < -0.39 is 15.9 Å². The van der Waals surface area contributed by atoms with Crippen LogP contribution in [0, 0.1) is 0 Å². The van der Waals surface area contributed by atoms with Crippen LogP contribution in [-0.4, -0.2) is 20.4 Å². The molecule has 0 radical (unpaired) electrons. The van der Waals surface area contributed by atoms with Gasteiger partial charge in [-0.1, -0.05) is 72.8 Å². The molecule has 0 aliphatic heterocycles. The maximum absolute atomic E-state index is 13.1. The summed E-state index contributed by atoms with van der Waals surface area (Å²) in [6, 6.07) is 26.1. The van der Waals surface area contributed by atoms with Crippen LogP contribution in [0.2, 0.25) is 0 Å². The monoisotopic (exact) mass is 420 g/mol. The van der Waals surface area contributed by atoms with Gasteiger partial charge in [0.1, 0.15) is 0 Å². The molecule has 2 N–H and O–H groups in total. The molecular formula is C24H24N2O3S. The number of hydrogen-bond donors (Lipinski definition) is 2. The Morgan fingerprint density at radius 3 is 1.87 bits per heavy atom. The molecule has 5 nitrogen and oxygen atoms in total. The first-order chi connectivity index (χ1) is 14.5. The van der Waals surface area contributed by atoms with E-state index in [-0.39, 0.29) is 16.8 Å². The molecule has 3 aromatic carbocycles. The lowest BCUT2D eigenvalue weighted by atomic mass is 9.90. The SMILES string of the molecule is O=C(NCc1ccc(S(=O)(=O)NC2CC2)cc1)C(c1ccccc1)c1ccccc1. The molecule has 0 atom stereocenters.